The van der Waals surface area contributed by atoms with Gasteiger partial charge in [-0.3, -0.25) is 9.69 Å². The summed E-state index contributed by atoms with van der Waals surface area (Å²) < 4.78 is 25.5. The molecule has 0 N–H and O–H groups in total. The molecule has 5 nitrogen and oxygen atoms in total. The lowest BCUT2D eigenvalue weighted by atomic mass is 10.1. The largest absolute Gasteiger partial charge is 0.333 e. The first kappa shape index (κ1) is 13.5. The second-order valence-electron chi connectivity index (χ2n) is 5.53. The molecule has 2 fully saturated rings. The van der Waals surface area contributed by atoms with E-state index < -0.39 is 6.55 Å². The van der Waals surface area contributed by atoms with E-state index in [0.29, 0.717) is 17.3 Å². The summed E-state index contributed by atoms with van der Waals surface area (Å²) in [5, 5.41) is 3.65. The summed E-state index contributed by atoms with van der Waals surface area (Å²) in [6.45, 7) is 1.64. The third kappa shape index (κ3) is 2.54. The van der Waals surface area contributed by atoms with Gasteiger partial charge in [0, 0.05) is 37.9 Å². The monoisotopic (exact) mass is 284 g/mol. The van der Waals surface area contributed by atoms with E-state index >= 15 is 0 Å². The van der Waals surface area contributed by atoms with Crippen molar-refractivity contribution in [1.82, 2.24) is 19.6 Å². The summed E-state index contributed by atoms with van der Waals surface area (Å²) in [6.07, 6.45) is 3.64. The lowest BCUT2D eigenvalue weighted by molar-refractivity contribution is 0.0446. The first-order valence-corrected chi connectivity index (χ1v) is 6.94. The highest BCUT2D eigenvalue weighted by Gasteiger charge is 2.36. The zero-order valence-corrected chi connectivity index (χ0v) is 11.4. The highest BCUT2D eigenvalue weighted by atomic mass is 19.3. The zero-order valence-electron chi connectivity index (χ0n) is 11.4. The Morgan fingerprint density at radius 1 is 1.40 bits per heavy atom. The molecule has 7 heteroatoms. The summed E-state index contributed by atoms with van der Waals surface area (Å²) in [6, 6.07) is 2.13. The molecule has 1 saturated carbocycles. The fourth-order valence-electron chi connectivity index (χ4n) is 2.77. The minimum atomic E-state index is -2.71. The predicted molar refractivity (Wildman–Crippen MR) is 68.6 cm³/mol. The fraction of sp³-hybridized carbons (Fsp3) is 0.692. The highest BCUT2D eigenvalue weighted by molar-refractivity contribution is 5.92. The van der Waals surface area contributed by atoms with Gasteiger partial charge in [-0.2, -0.15) is 13.9 Å². The molecule has 2 aliphatic rings. The van der Waals surface area contributed by atoms with Crippen molar-refractivity contribution in [1.29, 1.82) is 0 Å². The lowest BCUT2D eigenvalue weighted by Gasteiger charge is -2.39. The van der Waals surface area contributed by atoms with E-state index in [0.717, 1.165) is 19.3 Å². The average molecular weight is 284 g/mol. The molecule has 1 atom stereocenters. The van der Waals surface area contributed by atoms with Gasteiger partial charge in [-0.1, -0.05) is 0 Å². The van der Waals surface area contributed by atoms with Crippen LogP contribution in [0, 0.1) is 0 Å². The van der Waals surface area contributed by atoms with Crippen molar-refractivity contribution >= 4 is 5.91 Å². The number of nitrogens with zero attached hydrogens (tertiary/aromatic N) is 4. The van der Waals surface area contributed by atoms with Gasteiger partial charge in [-0.15, -0.1) is 0 Å². The van der Waals surface area contributed by atoms with Gasteiger partial charge < -0.3 is 4.90 Å². The van der Waals surface area contributed by atoms with Gasteiger partial charge in [-0.25, -0.2) is 4.68 Å². The Kier molecular flexibility index (Phi) is 3.45. The molecule has 20 heavy (non-hydrogen) atoms. The number of carbonyl (C=O) groups excluding carboxylic acids is 1. The Morgan fingerprint density at radius 3 is 2.70 bits per heavy atom. The summed E-state index contributed by atoms with van der Waals surface area (Å²) in [7, 11) is 0. The first-order valence-electron chi connectivity index (χ1n) is 6.94. The predicted octanol–water partition coefficient (Wildman–Crippen LogP) is 1.59. The van der Waals surface area contributed by atoms with E-state index in [2.05, 4.69) is 10.00 Å². The number of halogens is 2. The van der Waals surface area contributed by atoms with Crippen LogP contribution in [0.5, 0.6) is 0 Å². The smallest absolute Gasteiger partial charge is 0.332 e. The van der Waals surface area contributed by atoms with Crippen molar-refractivity contribution in [2.24, 2.45) is 0 Å². The minimum Gasteiger partial charge on any atom is -0.332 e. The van der Waals surface area contributed by atoms with Crippen LogP contribution in [0.4, 0.5) is 8.78 Å². The second-order valence-corrected chi connectivity index (χ2v) is 5.53. The summed E-state index contributed by atoms with van der Waals surface area (Å²) >= 11 is 0. The summed E-state index contributed by atoms with van der Waals surface area (Å²) in [5.74, 6) is -0.257. The molecule has 0 spiro atoms. The van der Waals surface area contributed by atoms with E-state index in [1.807, 2.05) is 6.92 Å². The third-order valence-corrected chi connectivity index (χ3v) is 4.01. The molecule has 0 radical (unpaired) electrons. The maximum atomic E-state index is 12.5. The molecule has 2 heterocycles. The first-order chi connectivity index (χ1) is 9.56. The number of carbonyl (C=O) groups is 1. The summed E-state index contributed by atoms with van der Waals surface area (Å²) in [4.78, 5) is 16.5. The number of hydrogen-bond acceptors (Lipinski definition) is 3. The van der Waals surface area contributed by atoms with E-state index in [-0.39, 0.29) is 17.6 Å². The molecule has 1 aromatic heterocycles. The molecule has 1 aromatic rings. The number of alkyl halides is 2. The van der Waals surface area contributed by atoms with Gasteiger partial charge in [0.1, 0.15) is 0 Å². The van der Waals surface area contributed by atoms with Gasteiger partial charge in [0.05, 0.1) is 0 Å². The summed E-state index contributed by atoms with van der Waals surface area (Å²) in [5.41, 5.74) is 0.0945. The van der Waals surface area contributed by atoms with E-state index in [9.17, 15) is 13.6 Å². The van der Waals surface area contributed by atoms with E-state index in [4.69, 9.17) is 0 Å². The van der Waals surface area contributed by atoms with Crippen molar-refractivity contribution in [2.75, 3.05) is 19.6 Å². The zero-order chi connectivity index (χ0) is 14.3. The van der Waals surface area contributed by atoms with E-state index in [1.165, 1.54) is 18.9 Å². The Hall–Kier alpha value is -1.50. The van der Waals surface area contributed by atoms with Crippen LogP contribution in [0.15, 0.2) is 12.3 Å². The molecule has 1 saturated heterocycles. The quantitative estimate of drug-likeness (QED) is 0.846. The average Bonchev–Trinajstić information content (AvgIpc) is 3.14. The number of aromatic nitrogens is 2. The van der Waals surface area contributed by atoms with Crippen molar-refractivity contribution < 1.29 is 13.6 Å². The Bertz CT molecular complexity index is 500. The molecular formula is C13H18F2N4O. The molecule has 1 unspecified atom stereocenters. The lowest BCUT2D eigenvalue weighted by Crippen LogP contribution is -2.54. The number of rotatable bonds is 3. The van der Waals surface area contributed by atoms with Crippen molar-refractivity contribution in [3.63, 3.8) is 0 Å². The minimum absolute atomic E-state index is 0.0912. The van der Waals surface area contributed by atoms with Crippen molar-refractivity contribution in [2.45, 2.75) is 38.4 Å². The Balaban J connectivity index is 1.67. The van der Waals surface area contributed by atoms with Crippen LogP contribution in [-0.2, 0) is 0 Å². The van der Waals surface area contributed by atoms with Crippen LogP contribution in [0.3, 0.4) is 0 Å². The Morgan fingerprint density at radius 2 is 2.15 bits per heavy atom. The SMILES string of the molecule is CC1CN(C2CC2)CCN1C(=O)c1ccn(C(F)F)n1. The maximum Gasteiger partial charge on any atom is 0.333 e. The molecule has 0 bridgehead atoms. The fourth-order valence-corrected chi connectivity index (χ4v) is 2.77. The standard InChI is InChI=1S/C13H18F2N4O/c1-9-8-17(10-2-3-10)6-7-18(9)12(20)11-4-5-19(16-11)13(14)15/h4-5,9-10,13H,2-3,6-8H2,1H3. The molecule has 1 amide bonds. The molecule has 0 aromatic carbocycles. The maximum absolute atomic E-state index is 12.5. The molecule has 1 aliphatic heterocycles. The van der Waals surface area contributed by atoms with Crippen LogP contribution in [0.1, 0.15) is 36.8 Å². The Labute approximate surface area is 116 Å². The van der Waals surface area contributed by atoms with E-state index in [1.54, 1.807) is 4.90 Å². The van der Waals surface area contributed by atoms with Crippen LogP contribution in [0.2, 0.25) is 0 Å². The van der Waals surface area contributed by atoms with Gasteiger partial charge in [-0.05, 0) is 25.8 Å². The van der Waals surface area contributed by atoms with Gasteiger partial charge in [0.25, 0.3) is 5.91 Å². The van der Waals surface area contributed by atoms with Crippen LogP contribution >= 0.6 is 0 Å². The van der Waals surface area contributed by atoms with Crippen LogP contribution in [-0.4, -0.2) is 57.2 Å². The van der Waals surface area contributed by atoms with Gasteiger partial charge in [0.2, 0.25) is 0 Å². The van der Waals surface area contributed by atoms with Gasteiger partial charge in [0.15, 0.2) is 5.69 Å². The number of amides is 1. The van der Waals surface area contributed by atoms with Crippen molar-refractivity contribution in [3.05, 3.63) is 18.0 Å². The third-order valence-electron chi connectivity index (χ3n) is 4.01. The van der Waals surface area contributed by atoms with Crippen LogP contribution in [0.25, 0.3) is 0 Å². The molecule has 3 rings (SSSR count). The molecular weight excluding hydrogens is 266 g/mol. The number of piperazine rings is 1. The second kappa shape index (κ2) is 5.12. The normalized spacial score (nSPS) is 24.4. The molecule has 1 aliphatic carbocycles. The topological polar surface area (TPSA) is 41.4 Å². The molecule has 110 valence electrons. The van der Waals surface area contributed by atoms with Crippen molar-refractivity contribution in [3.8, 4) is 0 Å². The number of hydrogen-bond donors (Lipinski definition) is 0. The highest BCUT2D eigenvalue weighted by Crippen LogP contribution is 2.29. The van der Waals surface area contributed by atoms with Gasteiger partial charge >= 0.3 is 6.55 Å². The van der Waals surface area contributed by atoms with Crippen LogP contribution < -0.4 is 0 Å².